The molecule has 0 saturated heterocycles. The molecule has 2 aromatic rings. The van der Waals surface area contributed by atoms with Gasteiger partial charge in [0.15, 0.2) is 0 Å². The second-order valence-corrected chi connectivity index (χ2v) is 5.48. The summed E-state index contributed by atoms with van der Waals surface area (Å²) < 4.78 is 1.81. The Bertz CT molecular complexity index is 660. The monoisotopic (exact) mass is 268 g/mol. The quantitative estimate of drug-likeness (QED) is 0.929. The molecule has 1 unspecified atom stereocenters. The molecule has 1 aromatic heterocycles. The first-order valence-electron chi connectivity index (χ1n) is 7.26. The third kappa shape index (κ3) is 2.41. The van der Waals surface area contributed by atoms with E-state index < -0.39 is 0 Å². The molecule has 1 heterocycles. The van der Waals surface area contributed by atoms with Gasteiger partial charge in [0.05, 0.1) is 0 Å². The predicted molar refractivity (Wildman–Crippen MR) is 80.7 cm³/mol. The van der Waals surface area contributed by atoms with E-state index in [9.17, 15) is 4.79 Å². The predicted octanol–water partition coefficient (Wildman–Crippen LogP) is 2.43. The Morgan fingerprint density at radius 3 is 2.90 bits per heavy atom. The van der Waals surface area contributed by atoms with Crippen molar-refractivity contribution in [1.29, 1.82) is 0 Å². The van der Waals surface area contributed by atoms with Crippen molar-refractivity contribution >= 4 is 0 Å². The number of pyridine rings is 1. The van der Waals surface area contributed by atoms with Gasteiger partial charge < -0.3 is 10.3 Å². The van der Waals surface area contributed by atoms with Crippen LogP contribution in [-0.2, 0) is 19.5 Å². The van der Waals surface area contributed by atoms with Crippen LogP contribution in [0.4, 0.5) is 0 Å². The number of hydrogen-bond donors (Lipinski definition) is 1. The van der Waals surface area contributed by atoms with Gasteiger partial charge in [0, 0.05) is 30.8 Å². The molecule has 3 heteroatoms. The molecule has 0 amide bonds. The van der Waals surface area contributed by atoms with E-state index in [4.69, 9.17) is 5.73 Å². The van der Waals surface area contributed by atoms with Crippen LogP contribution in [0, 0.1) is 0 Å². The highest BCUT2D eigenvalue weighted by Crippen LogP contribution is 2.32. The fourth-order valence-electron chi connectivity index (χ4n) is 3.17. The maximum absolute atomic E-state index is 12.3. The average Bonchev–Trinajstić information content (AvgIpc) is 2.50. The standard InChI is InChI=1S/C17H20N2O/c18-11-14-8-4-10-19(17(14)20)12-15-7-3-6-13-5-1-2-9-16(13)15/h1-2,4-5,8-10,15H,3,6-7,11-12,18H2. The number of fused-ring (bicyclic) bond motifs is 1. The maximum Gasteiger partial charge on any atom is 0.255 e. The minimum absolute atomic E-state index is 0.0538. The molecule has 1 aliphatic carbocycles. The van der Waals surface area contributed by atoms with E-state index in [0.29, 0.717) is 18.0 Å². The molecule has 3 rings (SSSR count). The molecule has 0 saturated carbocycles. The first-order chi connectivity index (χ1) is 9.79. The van der Waals surface area contributed by atoms with E-state index >= 15 is 0 Å². The lowest BCUT2D eigenvalue weighted by molar-refractivity contribution is 0.474. The third-order valence-electron chi connectivity index (χ3n) is 4.23. The normalized spacial score (nSPS) is 17.8. The van der Waals surface area contributed by atoms with Crippen LogP contribution >= 0.6 is 0 Å². The van der Waals surface area contributed by atoms with Gasteiger partial charge in [-0.15, -0.1) is 0 Å². The first-order valence-corrected chi connectivity index (χ1v) is 7.26. The molecular formula is C17H20N2O. The molecule has 1 aliphatic rings. The van der Waals surface area contributed by atoms with Crippen LogP contribution in [0.2, 0.25) is 0 Å². The van der Waals surface area contributed by atoms with Crippen molar-refractivity contribution in [2.45, 2.75) is 38.3 Å². The van der Waals surface area contributed by atoms with Gasteiger partial charge in [0.2, 0.25) is 0 Å². The molecule has 0 spiro atoms. The molecule has 1 atom stereocenters. The van der Waals surface area contributed by atoms with Crippen molar-refractivity contribution in [2.75, 3.05) is 0 Å². The summed E-state index contributed by atoms with van der Waals surface area (Å²) in [6, 6.07) is 12.3. The van der Waals surface area contributed by atoms with Gasteiger partial charge in [-0.3, -0.25) is 4.79 Å². The minimum Gasteiger partial charge on any atom is -0.326 e. The molecule has 2 N–H and O–H groups in total. The fraction of sp³-hybridized carbons (Fsp3) is 0.353. The van der Waals surface area contributed by atoms with Crippen molar-refractivity contribution in [3.05, 3.63) is 69.6 Å². The number of nitrogens with zero attached hydrogens (tertiary/aromatic N) is 1. The van der Waals surface area contributed by atoms with E-state index in [1.165, 1.54) is 17.5 Å². The van der Waals surface area contributed by atoms with E-state index in [1.54, 1.807) is 0 Å². The van der Waals surface area contributed by atoms with Crippen LogP contribution in [0.5, 0.6) is 0 Å². The Morgan fingerprint density at radius 2 is 2.05 bits per heavy atom. The number of rotatable bonds is 3. The van der Waals surface area contributed by atoms with Crippen LogP contribution in [0.1, 0.15) is 35.4 Å². The molecule has 0 fully saturated rings. The van der Waals surface area contributed by atoms with E-state index in [2.05, 4.69) is 24.3 Å². The van der Waals surface area contributed by atoms with Gasteiger partial charge in [-0.05, 0) is 36.5 Å². The summed E-state index contributed by atoms with van der Waals surface area (Å²) in [5.74, 6) is 0.436. The van der Waals surface area contributed by atoms with E-state index in [-0.39, 0.29) is 5.56 Å². The van der Waals surface area contributed by atoms with Crippen LogP contribution in [0.3, 0.4) is 0 Å². The summed E-state index contributed by atoms with van der Waals surface area (Å²) in [6.07, 6.45) is 5.38. The van der Waals surface area contributed by atoms with Crippen LogP contribution in [-0.4, -0.2) is 4.57 Å². The highest BCUT2D eigenvalue weighted by molar-refractivity contribution is 5.32. The lowest BCUT2D eigenvalue weighted by atomic mass is 9.83. The zero-order chi connectivity index (χ0) is 13.9. The highest BCUT2D eigenvalue weighted by atomic mass is 16.1. The van der Waals surface area contributed by atoms with Crippen molar-refractivity contribution in [2.24, 2.45) is 5.73 Å². The van der Waals surface area contributed by atoms with Gasteiger partial charge in [-0.2, -0.15) is 0 Å². The van der Waals surface area contributed by atoms with Gasteiger partial charge in [0.1, 0.15) is 0 Å². The van der Waals surface area contributed by atoms with Gasteiger partial charge >= 0.3 is 0 Å². The van der Waals surface area contributed by atoms with Gasteiger partial charge in [-0.1, -0.05) is 30.3 Å². The van der Waals surface area contributed by atoms with Crippen LogP contribution in [0.15, 0.2) is 47.4 Å². The molecule has 0 bridgehead atoms. The SMILES string of the molecule is NCc1cccn(CC2CCCc3ccccc32)c1=O. The zero-order valence-electron chi connectivity index (χ0n) is 11.6. The Morgan fingerprint density at radius 1 is 1.20 bits per heavy atom. The largest absolute Gasteiger partial charge is 0.326 e. The Kier molecular flexibility index (Phi) is 3.70. The first kappa shape index (κ1) is 13.1. The number of aromatic nitrogens is 1. The number of nitrogens with two attached hydrogens (primary N) is 1. The zero-order valence-corrected chi connectivity index (χ0v) is 11.6. The summed E-state index contributed by atoms with van der Waals surface area (Å²) in [5.41, 5.74) is 9.20. The molecular weight excluding hydrogens is 248 g/mol. The van der Waals surface area contributed by atoms with E-state index in [0.717, 1.165) is 19.4 Å². The summed E-state index contributed by atoms with van der Waals surface area (Å²) in [6.45, 7) is 1.06. The van der Waals surface area contributed by atoms with Gasteiger partial charge in [0.25, 0.3) is 5.56 Å². The van der Waals surface area contributed by atoms with Crippen molar-refractivity contribution < 1.29 is 0 Å². The molecule has 0 aliphatic heterocycles. The maximum atomic E-state index is 12.3. The number of aryl methyl sites for hydroxylation is 1. The molecule has 1 aromatic carbocycles. The number of benzene rings is 1. The second-order valence-electron chi connectivity index (χ2n) is 5.48. The molecule has 20 heavy (non-hydrogen) atoms. The topological polar surface area (TPSA) is 48.0 Å². The fourth-order valence-corrected chi connectivity index (χ4v) is 3.17. The summed E-state index contributed by atoms with van der Waals surface area (Å²) in [7, 11) is 0. The summed E-state index contributed by atoms with van der Waals surface area (Å²) in [5, 5.41) is 0. The molecule has 3 nitrogen and oxygen atoms in total. The van der Waals surface area contributed by atoms with Gasteiger partial charge in [-0.25, -0.2) is 0 Å². The number of hydrogen-bond acceptors (Lipinski definition) is 2. The third-order valence-corrected chi connectivity index (χ3v) is 4.23. The Hall–Kier alpha value is -1.87. The van der Waals surface area contributed by atoms with Crippen LogP contribution in [0.25, 0.3) is 0 Å². The molecule has 104 valence electrons. The lowest BCUT2D eigenvalue weighted by Gasteiger charge is -2.26. The summed E-state index contributed by atoms with van der Waals surface area (Å²) in [4.78, 5) is 12.3. The highest BCUT2D eigenvalue weighted by Gasteiger charge is 2.20. The van der Waals surface area contributed by atoms with Crippen molar-refractivity contribution in [3.8, 4) is 0 Å². The van der Waals surface area contributed by atoms with Crippen molar-refractivity contribution in [3.63, 3.8) is 0 Å². The van der Waals surface area contributed by atoms with E-state index in [1.807, 2.05) is 22.9 Å². The smallest absolute Gasteiger partial charge is 0.255 e. The van der Waals surface area contributed by atoms with Crippen molar-refractivity contribution in [1.82, 2.24) is 4.57 Å². The Labute approximate surface area is 119 Å². The molecule has 0 radical (unpaired) electrons. The second kappa shape index (κ2) is 5.63. The Balaban J connectivity index is 1.92. The van der Waals surface area contributed by atoms with Crippen LogP contribution < -0.4 is 11.3 Å². The average molecular weight is 268 g/mol. The lowest BCUT2D eigenvalue weighted by Crippen LogP contribution is -2.27. The summed E-state index contributed by atoms with van der Waals surface area (Å²) >= 11 is 0. The minimum atomic E-state index is 0.0538.